The molecule has 0 bridgehead atoms. The largest absolute Gasteiger partial charge is 0.497 e. The molecule has 0 heterocycles. The Morgan fingerprint density at radius 2 is 1.81 bits per heavy atom. The summed E-state index contributed by atoms with van der Waals surface area (Å²) >= 11 is 0. The van der Waals surface area contributed by atoms with Crippen molar-refractivity contribution in [2.45, 2.75) is 25.4 Å². The van der Waals surface area contributed by atoms with Crippen LogP contribution in [0.5, 0.6) is 5.75 Å². The fourth-order valence-corrected chi connectivity index (χ4v) is 2.90. The van der Waals surface area contributed by atoms with Crippen molar-refractivity contribution >= 4 is 17.6 Å². The lowest BCUT2D eigenvalue weighted by atomic mass is 10.2. The van der Waals surface area contributed by atoms with E-state index in [1.54, 1.807) is 37.3 Å². The predicted octanol–water partition coefficient (Wildman–Crippen LogP) is 3.08. The zero-order valence-electron chi connectivity index (χ0n) is 15.6. The molecule has 1 N–H and O–H groups in total. The highest BCUT2D eigenvalue weighted by Crippen LogP contribution is 2.29. The molecule has 1 fully saturated rings. The van der Waals surface area contributed by atoms with Gasteiger partial charge in [0, 0.05) is 25.3 Å². The molecule has 6 nitrogen and oxygen atoms in total. The lowest BCUT2D eigenvalue weighted by molar-refractivity contribution is -0.135. The van der Waals surface area contributed by atoms with Gasteiger partial charge in [0.15, 0.2) is 6.61 Å². The van der Waals surface area contributed by atoms with Gasteiger partial charge in [-0.05, 0) is 42.7 Å². The van der Waals surface area contributed by atoms with E-state index in [2.05, 4.69) is 5.32 Å². The topological polar surface area (TPSA) is 67.9 Å². The number of hydrogen-bond donors (Lipinski definition) is 1. The molecule has 0 spiro atoms. The van der Waals surface area contributed by atoms with Crippen LogP contribution in [0.15, 0.2) is 48.5 Å². The van der Waals surface area contributed by atoms with Crippen molar-refractivity contribution in [3.63, 3.8) is 0 Å². The number of carbonyl (C=O) groups is 2. The Balaban J connectivity index is 1.61. The lowest BCUT2D eigenvalue weighted by Gasteiger charge is -2.22. The molecule has 0 aliphatic heterocycles. The molecular formula is C21H24N2O4. The number of methoxy groups -OCH3 is 1. The highest BCUT2D eigenvalue weighted by atomic mass is 16.5. The number of carbonyl (C=O) groups excluding carboxylic acids is 2. The number of ether oxygens (including phenoxy) is 2. The Morgan fingerprint density at radius 1 is 1.11 bits per heavy atom. The smallest absolute Gasteiger partial charge is 0.340 e. The van der Waals surface area contributed by atoms with Crippen molar-refractivity contribution in [3.05, 3.63) is 59.7 Å². The van der Waals surface area contributed by atoms with Gasteiger partial charge in [0.25, 0.3) is 5.91 Å². The van der Waals surface area contributed by atoms with Crippen LogP contribution in [0, 0.1) is 0 Å². The van der Waals surface area contributed by atoms with E-state index < -0.39 is 5.97 Å². The summed E-state index contributed by atoms with van der Waals surface area (Å²) in [7, 11) is 3.36. The van der Waals surface area contributed by atoms with Crippen LogP contribution in [0.3, 0.4) is 0 Å². The van der Waals surface area contributed by atoms with Crippen molar-refractivity contribution in [3.8, 4) is 5.75 Å². The second-order valence-corrected chi connectivity index (χ2v) is 6.47. The maximum absolute atomic E-state index is 12.7. The van der Waals surface area contributed by atoms with E-state index >= 15 is 0 Å². The van der Waals surface area contributed by atoms with Crippen LogP contribution in [-0.2, 0) is 16.1 Å². The summed E-state index contributed by atoms with van der Waals surface area (Å²) in [5.74, 6) is 0.0947. The zero-order valence-corrected chi connectivity index (χ0v) is 15.6. The van der Waals surface area contributed by atoms with Crippen LogP contribution in [0.25, 0.3) is 0 Å². The van der Waals surface area contributed by atoms with E-state index in [1.807, 2.05) is 30.3 Å². The van der Waals surface area contributed by atoms with E-state index in [1.165, 1.54) is 0 Å². The van der Waals surface area contributed by atoms with Crippen molar-refractivity contribution in [1.29, 1.82) is 0 Å². The minimum absolute atomic E-state index is 0.177. The highest BCUT2D eigenvalue weighted by Gasteiger charge is 2.33. The Morgan fingerprint density at radius 3 is 2.44 bits per heavy atom. The summed E-state index contributed by atoms with van der Waals surface area (Å²) in [6.07, 6.45) is 1.97. The van der Waals surface area contributed by atoms with Crippen LogP contribution in [-0.4, -0.2) is 43.6 Å². The molecule has 0 aromatic heterocycles. The van der Waals surface area contributed by atoms with Gasteiger partial charge < -0.3 is 19.7 Å². The predicted molar refractivity (Wildman–Crippen MR) is 103 cm³/mol. The van der Waals surface area contributed by atoms with Gasteiger partial charge in [0.2, 0.25) is 0 Å². The number of benzene rings is 2. The van der Waals surface area contributed by atoms with Gasteiger partial charge in [-0.25, -0.2) is 4.79 Å². The number of anilines is 1. The molecule has 0 radical (unpaired) electrons. The molecule has 2 aromatic carbocycles. The van der Waals surface area contributed by atoms with Crippen LogP contribution >= 0.6 is 0 Å². The first-order valence-corrected chi connectivity index (χ1v) is 8.98. The molecule has 142 valence electrons. The molecule has 0 unspecified atom stereocenters. The Kier molecular flexibility index (Phi) is 5.96. The SMILES string of the molecule is CNc1ccccc1C(=O)OCC(=O)N(Cc1ccc(OC)cc1)C1CC1. The first-order valence-electron chi connectivity index (χ1n) is 8.98. The maximum Gasteiger partial charge on any atom is 0.340 e. The van der Waals surface area contributed by atoms with Crippen LogP contribution in [0.4, 0.5) is 5.69 Å². The molecule has 1 aliphatic carbocycles. The number of nitrogens with one attached hydrogen (secondary N) is 1. The number of para-hydroxylation sites is 1. The monoisotopic (exact) mass is 368 g/mol. The fourth-order valence-electron chi connectivity index (χ4n) is 2.90. The summed E-state index contributed by atoms with van der Waals surface area (Å²) in [6, 6.07) is 14.9. The number of nitrogens with zero attached hydrogens (tertiary/aromatic N) is 1. The van der Waals surface area contributed by atoms with Crippen molar-refractivity contribution < 1.29 is 19.1 Å². The van der Waals surface area contributed by atoms with E-state index in [0.29, 0.717) is 17.8 Å². The Hall–Kier alpha value is -3.02. The number of rotatable bonds is 8. The Labute approximate surface area is 159 Å². The molecule has 3 rings (SSSR count). The number of esters is 1. The van der Waals surface area contributed by atoms with Crippen molar-refractivity contribution in [1.82, 2.24) is 4.90 Å². The van der Waals surface area contributed by atoms with Crippen molar-refractivity contribution in [2.24, 2.45) is 0 Å². The molecular weight excluding hydrogens is 344 g/mol. The highest BCUT2D eigenvalue weighted by molar-refractivity contribution is 5.96. The molecule has 1 aliphatic rings. The van der Waals surface area contributed by atoms with Gasteiger partial charge in [0.1, 0.15) is 5.75 Å². The van der Waals surface area contributed by atoms with Gasteiger partial charge in [-0.1, -0.05) is 24.3 Å². The Bertz CT molecular complexity index is 800. The van der Waals surface area contributed by atoms with Gasteiger partial charge in [-0.3, -0.25) is 4.79 Å². The van der Waals surface area contributed by atoms with Crippen LogP contribution in [0.1, 0.15) is 28.8 Å². The molecule has 27 heavy (non-hydrogen) atoms. The molecule has 1 saturated carbocycles. The molecule has 1 amide bonds. The first kappa shape index (κ1) is 18.8. The average Bonchev–Trinajstić information content (AvgIpc) is 3.55. The quantitative estimate of drug-likeness (QED) is 0.725. The van der Waals surface area contributed by atoms with Crippen molar-refractivity contribution in [2.75, 3.05) is 26.1 Å². The van der Waals surface area contributed by atoms with E-state index in [4.69, 9.17) is 9.47 Å². The van der Waals surface area contributed by atoms with E-state index in [-0.39, 0.29) is 18.6 Å². The minimum Gasteiger partial charge on any atom is -0.497 e. The second kappa shape index (κ2) is 8.58. The van der Waals surface area contributed by atoms with Gasteiger partial charge >= 0.3 is 5.97 Å². The van der Waals surface area contributed by atoms with Crippen LogP contribution < -0.4 is 10.1 Å². The summed E-state index contributed by atoms with van der Waals surface area (Å²) in [4.78, 5) is 26.8. The molecule has 0 saturated heterocycles. The maximum atomic E-state index is 12.7. The molecule has 2 aromatic rings. The van der Waals surface area contributed by atoms with E-state index in [0.717, 1.165) is 24.2 Å². The second-order valence-electron chi connectivity index (χ2n) is 6.47. The summed E-state index contributed by atoms with van der Waals surface area (Å²) < 4.78 is 10.4. The summed E-state index contributed by atoms with van der Waals surface area (Å²) in [5, 5.41) is 2.95. The van der Waals surface area contributed by atoms with Gasteiger partial charge in [-0.15, -0.1) is 0 Å². The van der Waals surface area contributed by atoms with Gasteiger partial charge in [-0.2, -0.15) is 0 Å². The number of amides is 1. The van der Waals surface area contributed by atoms with E-state index in [9.17, 15) is 9.59 Å². The van der Waals surface area contributed by atoms with Gasteiger partial charge in [0.05, 0.1) is 12.7 Å². The first-order chi connectivity index (χ1) is 13.1. The lowest BCUT2D eigenvalue weighted by Crippen LogP contribution is -2.36. The summed E-state index contributed by atoms with van der Waals surface area (Å²) in [5.41, 5.74) is 2.11. The number of hydrogen-bond acceptors (Lipinski definition) is 5. The standard InChI is InChI=1S/C21H24N2O4/c1-22-19-6-4-3-5-18(19)21(25)27-14-20(24)23(16-9-10-16)13-15-7-11-17(26-2)12-8-15/h3-8,11-12,16,22H,9-10,13-14H2,1-2H3. The average molecular weight is 368 g/mol. The third-order valence-corrected chi connectivity index (χ3v) is 4.56. The third kappa shape index (κ3) is 4.78. The van der Waals surface area contributed by atoms with Crippen LogP contribution in [0.2, 0.25) is 0 Å². The third-order valence-electron chi connectivity index (χ3n) is 4.56. The summed E-state index contributed by atoms with van der Waals surface area (Å²) in [6.45, 7) is 0.238. The normalized spacial score (nSPS) is 13.0. The molecule has 6 heteroatoms. The molecule has 0 atom stereocenters. The minimum atomic E-state index is -0.506. The zero-order chi connectivity index (χ0) is 19.2. The fraction of sp³-hybridized carbons (Fsp3) is 0.333.